The molecule has 0 N–H and O–H groups in total. The molecule has 0 fully saturated rings. The van der Waals surface area contributed by atoms with Crippen LogP contribution in [0.4, 0.5) is 4.79 Å². The lowest BCUT2D eigenvalue weighted by Gasteiger charge is -2.28. The molecule has 118 valence electrons. The van der Waals surface area contributed by atoms with E-state index in [1.807, 2.05) is 47.6 Å². The van der Waals surface area contributed by atoms with Crippen LogP contribution in [-0.4, -0.2) is 39.8 Å². The third-order valence-corrected chi connectivity index (χ3v) is 2.72. The fourth-order valence-corrected chi connectivity index (χ4v) is 1.57. The number of carbonyl (C=O) groups excluding carboxylic acids is 1. The Hall–Kier alpha value is -1.85. The predicted octanol–water partition coefficient (Wildman–Crippen LogP) is 3.29. The molecule has 1 aromatic rings. The molecule has 0 aliphatic carbocycles. The Labute approximate surface area is 126 Å². The topological polar surface area (TPSA) is 68.5 Å². The first kappa shape index (κ1) is 17.2. The Morgan fingerprint density at radius 1 is 1.43 bits per heavy atom. The van der Waals surface area contributed by atoms with Gasteiger partial charge < -0.3 is 14.2 Å². The summed E-state index contributed by atoms with van der Waals surface area (Å²) in [5.74, 6) is 1.06. The number of hydrogen-bond acceptors (Lipinski definition) is 5. The summed E-state index contributed by atoms with van der Waals surface area (Å²) >= 11 is 0. The molecule has 0 saturated heterocycles. The molecule has 1 heterocycles. The van der Waals surface area contributed by atoms with Gasteiger partial charge in [0.2, 0.25) is 0 Å². The van der Waals surface area contributed by atoms with Gasteiger partial charge in [-0.3, -0.25) is 0 Å². The first-order valence-electron chi connectivity index (χ1n) is 7.02. The van der Waals surface area contributed by atoms with E-state index >= 15 is 0 Å². The third-order valence-electron chi connectivity index (χ3n) is 2.72. The molecule has 1 amide bonds. The molecule has 0 saturated carbocycles. The van der Waals surface area contributed by atoms with Crippen LogP contribution in [0.5, 0.6) is 0 Å². The normalized spacial score (nSPS) is 12.7. The van der Waals surface area contributed by atoms with Crippen molar-refractivity contribution in [1.82, 2.24) is 15.0 Å². The van der Waals surface area contributed by atoms with Crippen molar-refractivity contribution in [2.24, 2.45) is 0 Å². The Bertz CT molecular complexity index is 510. The summed E-state index contributed by atoms with van der Waals surface area (Å²) in [6, 6.07) is -0.0861. The summed E-state index contributed by atoms with van der Waals surface area (Å²) in [5, 5.41) is 3.92. The highest BCUT2D eigenvalue weighted by Gasteiger charge is 2.24. The average Bonchev–Trinajstić information content (AvgIpc) is 2.72. The molecule has 1 unspecified atom stereocenters. The maximum atomic E-state index is 12.0. The molecule has 1 atom stereocenters. The van der Waals surface area contributed by atoms with E-state index in [-0.39, 0.29) is 12.1 Å². The smallest absolute Gasteiger partial charge is 0.410 e. The van der Waals surface area contributed by atoms with Crippen molar-refractivity contribution >= 4 is 12.2 Å². The lowest BCUT2D eigenvalue weighted by Crippen LogP contribution is -2.40. The maximum absolute atomic E-state index is 12.0. The van der Waals surface area contributed by atoms with Gasteiger partial charge in [0, 0.05) is 25.6 Å². The molecular weight excluding hydrogens is 270 g/mol. The van der Waals surface area contributed by atoms with Crippen molar-refractivity contribution in [3.63, 3.8) is 0 Å². The Kier molecular flexibility index (Phi) is 5.52. The van der Waals surface area contributed by atoms with E-state index in [1.54, 1.807) is 11.9 Å². The van der Waals surface area contributed by atoms with E-state index in [0.717, 1.165) is 5.57 Å². The maximum Gasteiger partial charge on any atom is 0.410 e. The van der Waals surface area contributed by atoms with Crippen molar-refractivity contribution in [2.75, 3.05) is 7.05 Å². The Morgan fingerprint density at radius 3 is 2.57 bits per heavy atom. The van der Waals surface area contributed by atoms with Crippen LogP contribution in [0.1, 0.15) is 53.3 Å². The standard InChI is InChI=1S/C15H25N3O3/c1-10(2)8-13-16-12(17-21-13)9-11(3)18(7)14(19)20-15(4,5)6/h8,11H,9H2,1-7H3. The molecule has 21 heavy (non-hydrogen) atoms. The second-order valence-electron chi connectivity index (χ2n) is 6.41. The fraction of sp³-hybridized carbons (Fsp3) is 0.667. The van der Waals surface area contributed by atoms with Gasteiger partial charge >= 0.3 is 6.09 Å². The summed E-state index contributed by atoms with van der Waals surface area (Å²) in [5.41, 5.74) is 0.581. The van der Waals surface area contributed by atoms with Crippen LogP contribution in [0.2, 0.25) is 0 Å². The van der Waals surface area contributed by atoms with E-state index in [0.29, 0.717) is 18.1 Å². The molecular formula is C15H25N3O3. The Morgan fingerprint density at radius 2 is 2.05 bits per heavy atom. The highest BCUT2D eigenvalue weighted by atomic mass is 16.6. The molecule has 0 spiro atoms. The molecule has 0 aliphatic heterocycles. The van der Waals surface area contributed by atoms with E-state index in [1.165, 1.54) is 0 Å². The molecule has 0 aromatic carbocycles. The number of rotatable bonds is 4. The molecule has 0 bridgehead atoms. The number of amides is 1. The van der Waals surface area contributed by atoms with Crippen LogP contribution in [0.25, 0.3) is 6.08 Å². The predicted molar refractivity (Wildman–Crippen MR) is 80.8 cm³/mol. The van der Waals surface area contributed by atoms with Crippen LogP contribution in [0, 0.1) is 0 Å². The second-order valence-corrected chi connectivity index (χ2v) is 6.41. The zero-order chi connectivity index (χ0) is 16.2. The van der Waals surface area contributed by atoms with Gasteiger partial charge in [0.1, 0.15) is 5.60 Å². The zero-order valence-corrected chi connectivity index (χ0v) is 13.9. The number of ether oxygens (including phenoxy) is 1. The highest BCUT2D eigenvalue weighted by Crippen LogP contribution is 2.13. The minimum Gasteiger partial charge on any atom is -0.444 e. The van der Waals surface area contributed by atoms with Crippen LogP contribution in [0.3, 0.4) is 0 Å². The van der Waals surface area contributed by atoms with Crippen molar-refractivity contribution < 1.29 is 14.1 Å². The summed E-state index contributed by atoms with van der Waals surface area (Å²) in [6.07, 6.45) is 1.97. The summed E-state index contributed by atoms with van der Waals surface area (Å²) in [7, 11) is 1.70. The van der Waals surface area contributed by atoms with Crippen molar-refractivity contribution in [3.05, 3.63) is 17.3 Å². The molecule has 0 aliphatic rings. The van der Waals surface area contributed by atoms with Gasteiger partial charge in [-0.15, -0.1) is 0 Å². The van der Waals surface area contributed by atoms with Gasteiger partial charge in [-0.1, -0.05) is 10.7 Å². The van der Waals surface area contributed by atoms with Gasteiger partial charge in [-0.05, 0) is 41.5 Å². The molecule has 1 rings (SSSR count). The summed E-state index contributed by atoms with van der Waals surface area (Å²) in [4.78, 5) is 17.8. The molecule has 6 nitrogen and oxygen atoms in total. The number of hydrogen-bond donors (Lipinski definition) is 0. The number of nitrogens with zero attached hydrogens (tertiary/aromatic N) is 3. The minimum atomic E-state index is -0.506. The van der Waals surface area contributed by atoms with Gasteiger partial charge in [0.25, 0.3) is 5.89 Å². The van der Waals surface area contributed by atoms with Crippen molar-refractivity contribution in [2.45, 2.75) is 59.6 Å². The number of allylic oxidation sites excluding steroid dienone is 1. The number of likely N-dealkylation sites (N-methyl/N-ethyl adjacent to an activating group) is 1. The van der Waals surface area contributed by atoms with Gasteiger partial charge in [-0.25, -0.2) is 4.79 Å². The molecule has 1 aromatic heterocycles. The van der Waals surface area contributed by atoms with Crippen LogP contribution in [-0.2, 0) is 11.2 Å². The van der Waals surface area contributed by atoms with Crippen molar-refractivity contribution in [1.29, 1.82) is 0 Å². The molecule has 0 radical (unpaired) electrons. The average molecular weight is 295 g/mol. The zero-order valence-electron chi connectivity index (χ0n) is 13.9. The van der Waals surface area contributed by atoms with Crippen LogP contribution >= 0.6 is 0 Å². The lowest BCUT2D eigenvalue weighted by atomic mass is 10.2. The Balaban J connectivity index is 2.64. The summed E-state index contributed by atoms with van der Waals surface area (Å²) in [6.45, 7) is 11.4. The first-order chi connectivity index (χ1) is 9.58. The number of carbonyl (C=O) groups is 1. The SMILES string of the molecule is CC(C)=Cc1nc(CC(C)N(C)C(=O)OC(C)(C)C)no1. The third kappa shape index (κ3) is 5.97. The first-order valence-corrected chi connectivity index (χ1v) is 7.02. The number of aromatic nitrogens is 2. The van der Waals surface area contributed by atoms with E-state index in [9.17, 15) is 4.79 Å². The van der Waals surface area contributed by atoms with Gasteiger partial charge in [-0.2, -0.15) is 4.98 Å². The van der Waals surface area contributed by atoms with Crippen LogP contribution < -0.4 is 0 Å². The monoisotopic (exact) mass is 295 g/mol. The van der Waals surface area contributed by atoms with Crippen LogP contribution in [0.15, 0.2) is 10.1 Å². The quantitative estimate of drug-likeness (QED) is 0.852. The highest BCUT2D eigenvalue weighted by molar-refractivity contribution is 5.68. The molecule has 6 heteroatoms. The summed E-state index contributed by atoms with van der Waals surface area (Å²) < 4.78 is 10.5. The lowest BCUT2D eigenvalue weighted by molar-refractivity contribution is 0.0234. The minimum absolute atomic E-state index is 0.0861. The van der Waals surface area contributed by atoms with Crippen molar-refractivity contribution in [3.8, 4) is 0 Å². The second kappa shape index (κ2) is 6.74. The fourth-order valence-electron chi connectivity index (χ4n) is 1.57. The van der Waals surface area contributed by atoms with Gasteiger partial charge in [0.05, 0.1) is 0 Å². The van der Waals surface area contributed by atoms with E-state index in [4.69, 9.17) is 9.26 Å². The van der Waals surface area contributed by atoms with E-state index in [2.05, 4.69) is 10.1 Å². The van der Waals surface area contributed by atoms with E-state index < -0.39 is 5.60 Å². The van der Waals surface area contributed by atoms with Gasteiger partial charge in [0.15, 0.2) is 5.82 Å². The largest absolute Gasteiger partial charge is 0.444 e.